The molecule has 1 unspecified atom stereocenters. The Kier molecular flexibility index (Phi) is 9.12. The lowest BCUT2D eigenvalue weighted by Gasteiger charge is -2.26. The van der Waals surface area contributed by atoms with Crippen molar-refractivity contribution in [1.29, 1.82) is 0 Å². The van der Waals surface area contributed by atoms with Gasteiger partial charge in [-0.3, -0.25) is 9.79 Å². The molecule has 3 aromatic carbocycles. The number of halogens is 1. The van der Waals surface area contributed by atoms with Crippen LogP contribution in [0.4, 0.5) is 5.69 Å². The van der Waals surface area contributed by atoms with E-state index >= 15 is 0 Å². The first-order chi connectivity index (χ1) is 15.7. The number of nitrogens with one attached hydrogen (secondary N) is 3. The number of para-hydroxylation sites is 2. The van der Waals surface area contributed by atoms with Crippen molar-refractivity contribution in [2.75, 3.05) is 18.9 Å². The molecule has 172 valence electrons. The van der Waals surface area contributed by atoms with Gasteiger partial charge in [-0.1, -0.05) is 66.7 Å². The van der Waals surface area contributed by atoms with Crippen molar-refractivity contribution in [2.24, 2.45) is 4.99 Å². The van der Waals surface area contributed by atoms with Gasteiger partial charge in [0.15, 0.2) is 5.96 Å². The maximum atomic E-state index is 12.1. The Labute approximate surface area is 211 Å². The zero-order valence-corrected chi connectivity index (χ0v) is 20.9. The van der Waals surface area contributed by atoms with E-state index < -0.39 is 0 Å². The summed E-state index contributed by atoms with van der Waals surface area (Å²) >= 11 is 0. The standard InChI is InChI=1S/C26H28N4O2.HI/c1-27-26(29-17-21-15-25(31)30-23-13-7-6-12-22(21)23)28-16-20-11-5-8-14-24(20)32-18-19-9-3-2-4-10-19;/h2-14,21H,15-18H2,1H3,(H,30,31)(H2,27,28,29);1H. The molecule has 0 radical (unpaired) electrons. The molecule has 0 aromatic heterocycles. The van der Waals surface area contributed by atoms with Crippen LogP contribution in [0.2, 0.25) is 0 Å². The third-order valence-electron chi connectivity index (χ3n) is 5.50. The predicted molar refractivity (Wildman–Crippen MR) is 143 cm³/mol. The van der Waals surface area contributed by atoms with E-state index in [4.69, 9.17) is 4.74 Å². The Balaban J connectivity index is 0.00000306. The van der Waals surface area contributed by atoms with Gasteiger partial charge in [-0.15, -0.1) is 24.0 Å². The number of fused-ring (bicyclic) bond motifs is 1. The van der Waals surface area contributed by atoms with Crippen molar-refractivity contribution in [1.82, 2.24) is 10.6 Å². The van der Waals surface area contributed by atoms with Gasteiger partial charge >= 0.3 is 0 Å². The van der Waals surface area contributed by atoms with E-state index in [0.29, 0.717) is 32.1 Å². The number of hydrogen-bond acceptors (Lipinski definition) is 3. The summed E-state index contributed by atoms with van der Waals surface area (Å²) in [5.41, 5.74) is 4.22. The molecule has 3 N–H and O–H groups in total. The van der Waals surface area contributed by atoms with Gasteiger partial charge in [0, 0.05) is 43.7 Å². The minimum atomic E-state index is 0. The Morgan fingerprint density at radius 2 is 1.73 bits per heavy atom. The number of ether oxygens (including phenoxy) is 1. The third-order valence-corrected chi connectivity index (χ3v) is 5.50. The largest absolute Gasteiger partial charge is 0.489 e. The summed E-state index contributed by atoms with van der Waals surface area (Å²) in [5, 5.41) is 9.67. The van der Waals surface area contributed by atoms with E-state index in [1.165, 1.54) is 0 Å². The fourth-order valence-corrected chi connectivity index (χ4v) is 3.83. The molecule has 6 nitrogen and oxygen atoms in total. The van der Waals surface area contributed by atoms with Crippen LogP contribution in [0.5, 0.6) is 5.75 Å². The highest BCUT2D eigenvalue weighted by Gasteiger charge is 2.24. The maximum absolute atomic E-state index is 12.1. The summed E-state index contributed by atoms with van der Waals surface area (Å²) in [7, 11) is 1.74. The summed E-state index contributed by atoms with van der Waals surface area (Å²) < 4.78 is 6.05. The molecule has 0 spiro atoms. The average Bonchev–Trinajstić information content (AvgIpc) is 2.84. The summed E-state index contributed by atoms with van der Waals surface area (Å²) in [6.07, 6.45) is 0.456. The molecule has 4 rings (SSSR count). The number of nitrogens with zero attached hydrogens (tertiary/aromatic N) is 1. The van der Waals surface area contributed by atoms with Crippen molar-refractivity contribution >= 4 is 41.5 Å². The van der Waals surface area contributed by atoms with Gasteiger partial charge in [0.25, 0.3) is 0 Å². The number of benzene rings is 3. The topological polar surface area (TPSA) is 74.8 Å². The Morgan fingerprint density at radius 1 is 1.00 bits per heavy atom. The van der Waals surface area contributed by atoms with E-state index in [0.717, 1.165) is 28.1 Å². The first kappa shape index (κ1) is 24.6. The van der Waals surface area contributed by atoms with Crippen LogP contribution in [0.15, 0.2) is 83.9 Å². The van der Waals surface area contributed by atoms with Crippen molar-refractivity contribution in [3.63, 3.8) is 0 Å². The van der Waals surface area contributed by atoms with Gasteiger partial charge in [-0.2, -0.15) is 0 Å². The first-order valence-electron chi connectivity index (χ1n) is 10.8. The highest BCUT2D eigenvalue weighted by molar-refractivity contribution is 14.0. The smallest absolute Gasteiger partial charge is 0.225 e. The monoisotopic (exact) mass is 556 g/mol. The van der Waals surface area contributed by atoms with Crippen molar-refractivity contribution in [2.45, 2.75) is 25.5 Å². The lowest BCUT2D eigenvalue weighted by atomic mass is 9.90. The van der Waals surface area contributed by atoms with Gasteiger partial charge in [0.1, 0.15) is 12.4 Å². The zero-order valence-electron chi connectivity index (χ0n) is 18.6. The average molecular weight is 556 g/mol. The van der Waals surface area contributed by atoms with E-state index in [9.17, 15) is 4.79 Å². The van der Waals surface area contributed by atoms with Crippen LogP contribution in [0.3, 0.4) is 0 Å². The van der Waals surface area contributed by atoms with Gasteiger partial charge < -0.3 is 20.7 Å². The van der Waals surface area contributed by atoms with Crippen LogP contribution < -0.4 is 20.7 Å². The van der Waals surface area contributed by atoms with E-state index in [1.807, 2.05) is 60.7 Å². The highest BCUT2D eigenvalue weighted by Crippen LogP contribution is 2.31. The van der Waals surface area contributed by atoms with Crippen molar-refractivity contribution < 1.29 is 9.53 Å². The van der Waals surface area contributed by atoms with Crippen LogP contribution in [0.1, 0.15) is 29.0 Å². The van der Waals surface area contributed by atoms with E-state index in [2.05, 4.69) is 39.1 Å². The van der Waals surface area contributed by atoms with Crippen molar-refractivity contribution in [3.8, 4) is 5.75 Å². The minimum absolute atomic E-state index is 0. The van der Waals surface area contributed by atoms with Crippen LogP contribution >= 0.6 is 24.0 Å². The predicted octanol–water partition coefficient (Wildman–Crippen LogP) is 4.67. The number of carbonyl (C=O) groups is 1. The molecular formula is C26H29IN4O2. The molecule has 3 aromatic rings. The molecule has 1 amide bonds. The molecule has 1 atom stereocenters. The van der Waals surface area contributed by atoms with Crippen LogP contribution in [0, 0.1) is 0 Å². The number of carbonyl (C=O) groups excluding carboxylic acids is 1. The Hall–Kier alpha value is -3.07. The second kappa shape index (κ2) is 12.2. The Morgan fingerprint density at radius 3 is 2.55 bits per heavy atom. The molecule has 0 fully saturated rings. The van der Waals surface area contributed by atoms with Gasteiger partial charge in [-0.05, 0) is 23.3 Å². The summed E-state index contributed by atoms with van der Waals surface area (Å²) in [6, 6.07) is 26.1. The second-order valence-corrected chi connectivity index (χ2v) is 7.73. The second-order valence-electron chi connectivity index (χ2n) is 7.73. The van der Waals surface area contributed by atoms with Gasteiger partial charge in [0.05, 0.1) is 0 Å². The van der Waals surface area contributed by atoms with Crippen LogP contribution in [0.25, 0.3) is 0 Å². The summed E-state index contributed by atoms with van der Waals surface area (Å²) in [6.45, 7) is 1.72. The fourth-order valence-electron chi connectivity index (χ4n) is 3.83. The van der Waals surface area contributed by atoms with Crippen LogP contribution in [-0.4, -0.2) is 25.5 Å². The van der Waals surface area contributed by atoms with Crippen molar-refractivity contribution in [3.05, 3.63) is 95.6 Å². The third kappa shape index (κ3) is 6.71. The maximum Gasteiger partial charge on any atom is 0.225 e. The molecule has 1 aliphatic rings. The molecule has 0 bridgehead atoms. The lowest BCUT2D eigenvalue weighted by Crippen LogP contribution is -2.40. The van der Waals surface area contributed by atoms with E-state index in [-0.39, 0.29) is 35.8 Å². The fraction of sp³-hybridized carbons (Fsp3) is 0.231. The quantitative estimate of drug-likeness (QED) is 0.225. The molecular weight excluding hydrogens is 527 g/mol. The molecule has 7 heteroatoms. The molecule has 0 saturated heterocycles. The number of hydrogen-bond donors (Lipinski definition) is 3. The molecule has 33 heavy (non-hydrogen) atoms. The number of anilines is 1. The molecule has 1 aliphatic heterocycles. The van der Waals surface area contributed by atoms with Crippen LogP contribution in [-0.2, 0) is 17.9 Å². The zero-order chi connectivity index (χ0) is 22.2. The minimum Gasteiger partial charge on any atom is -0.489 e. The summed E-state index contributed by atoms with van der Waals surface area (Å²) in [5.74, 6) is 1.67. The van der Waals surface area contributed by atoms with E-state index in [1.54, 1.807) is 7.05 Å². The number of aliphatic imine (C=N–C) groups is 1. The SMILES string of the molecule is CN=C(NCc1ccccc1OCc1ccccc1)NCC1CC(=O)Nc2ccccc21.I. The lowest BCUT2D eigenvalue weighted by molar-refractivity contribution is -0.116. The molecule has 0 aliphatic carbocycles. The number of amides is 1. The highest BCUT2D eigenvalue weighted by atomic mass is 127. The van der Waals surface area contributed by atoms with Gasteiger partial charge in [-0.25, -0.2) is 0 Å². The summed E-state index contributed by atoms with van der Waals surface area (Å²) in [4.78, 5) is 16.4. The molecule has 0 saturated carbocycles. The Bertz CT molecular complexity index is 1090. The number of guanidine groups is 1. The first-order valence-corrected chi connectivity index (χ1v) is 10.8. The van der Waals surface area contributed by atoms with Gasteiger partial charge in [0.2, 0.25) is 5.91 Å². The normalized spacial score (nSPS) is 15.0. The molecule has 1 heterocycles. The number of rotatable bonds is 7.